The van der Waals surface area contributed by atoms with Gasteiger partial charge in [-0.2, -0.15) is 0 Å². The van der Waals surface area contributed by atoms with E-state index in [-0.39, 0.29) is 18.5 Å². The molecule has 2 N–H and O–H groups in total. The lowest BCUT2D eigenvalue weighted by Crippen LogP contribution is -2.44. The summed E-state index contributed by atoms with van der Waals surface area (Å²) in [6, 6.07) is 11.8. The predicted molar refractivity (Wildman–Crippen MR) is 108 cm³/mol. The van der Waals surface area contributed by atoms with Crippen LogP contribution in [-0.4, -0.2) is 32.2 Å². The number of hydroxylamine groups is 1. The highest BCUT2D eigenvalue weighted by Crippen LogP contribution is 2.30. The Morgan fingerprint density at radius 3 is 2.96 bits per heavy atom. The lowest BCUT2D eigenvalue weighted by atomic mass is 10.0. The molecule has 3 rings (SSSR count). The smallest absolute Gasteiger partial charge is 0.257 e. The Hall–Kier alpha value is -2.28. The van der Waals surface area contributed by atoms with E-state index in [4.69, 9.17) is 21.1 Å². The van der Waals surface area contributed by atoms with Crippen LogP contribution in [0.15, 0.2) is 36.4 Å². The largest absolute Gasteiger partial charge is 0.492 e. The highest BCUT2D eigenvalue weighted by atomic mass is 35.5. The van der Waals surface area contributed by atoms with Gasteiger partial charge in [-0.3, -0.25) is 9.63 Å². The number of carbonyl (C=O) groups is 1. The van der Waals surface area contributed by atoms with Gasteiger partial charge in [-0.15, -0.1) is 0 Å². The molecule has 28 heavy (non-hydrogen) atoms. The number of hydrogen-bond acceptors (Lipinski definition) is 5. The molecule has 7 heteroatoms. The average Bonchev–Trinajstić information content (AvgIpc) is 2.71. The quantitative estimate of drug-likeness (QED) is 0.662. The van der Waals surface area contributed by atoms with Crippen molar-refractivity contribution < 1.29 is 19.1 Å². The molecular weight excluding hydrogens is 380 g/mol. The van der Waals surface area contributed by atoms with Crippen molar-refractivity contribution in [1.82, 2.24) is 10.8 Å². The van der Waals surface area contributed by atoms with E-state index in [2.05, 4.69) is 28.6 Å². The van der Waals surface area contributed by atoms with Gasteiger partial charge in [-0.05, 0) is 36.1 Å². The SMILES string of the molecule is CCc1cccc(Cl)c1COc1ccc2c(c1)OCC(NCC(=O)NOC)C2. The number of amides is 1. The van der Waals surface area contributed by atoms with Gasteiger partial charge in [0.15, 0.2) is 0 Å². The minimum absolute atomic E-state index is 0.0668. The molecule has 0 bridgehead atoms. The lowest BCUT2D eigenvalue weighted by Gasteiger charge is -2.26. The first-order valence-corrected chi connectivity index (χ1v) is 9.68. The first-order valence-electron chi connectivity index (χ1n) is 9.30. The molecule has 0 saturated carbocycles. The molecule has 0 spiro atoms. The molecule has 0 fully saturated rings. The molecule has 1 aliphatic rings. The van der Waals surface area contributed by atoms with Crippen molar-refractivity contribution in [3.05, 3.63) is 58.1 Å². The van der Waals surface area contributed by atoms with Gasteiger partial charge in [0.05, 0.1) is 13.7 Å². The maximum absolute atomic E-state index is 11.5. The summed E-state index contributed by atoms with van der Waals surface area (Å²) in [7, 11) is 1.41. The molecule has 1 amide bonds. The Bertz CT molecular complexity index is 828. The van der Waals surface area contributed by atoms with Gasteiger partial charge in [0.2, 0.25) is 0 Å². The van der Waals surface area contributed by atoms with Crippen molar-refractivity contribution in [3.63, 3.8) is 0 Å². The number of fused-ring (bicyclic) bond motifs is 1. The molecule has 6 nitrogen and oxygen atoms in total. The van der Waals surface area contributed by atoms with Crippen molar-refractivity contribution in [2.24, 2.45) is 0 Å². The molecule has 2 aromatic carbocycles. The minimum atomic E-state index is -0.219. The van der Waals surface area contributed by atoms with Crippen LogP contribution in [0.25, 0.3) is 0 Å². The Morgan fingerprint density at radius 2 is 2.18 bits per heavy atom. The molecule has 150 valence electrons. The van der Waals surface area contributed by atoms with Gasteiger partial charge < -0.3 is 14.8 Å². The van der Waals surface area contributed by atoms with E-state index in [1.165, 1.54) is 12.7 Å². The summed E-state index contributed by atoms with van der Waals surface area (Å²) in [6.45, 7) is 3.18. The van der Waals surface area contributed by atoms with Crippen molar-refractivity contribution in [2.75, 3.05) is 20.3 Å². The third-order valence-corrected chi connectivity index (χ3v) is 5.05. The van der Waals surface area contributed by atoms with Crippen molar-refractivity contribution >= 4 is 17.5 Å². The summed E-state index contributed by atoms with van der Waals surface area (Å²) in [5.74, 6) is 1.33. The maximum atomic E-state index is 11.5. The number of hydrogen-bond donors (Lipinski definition) is 2. The molecule has 1 aliphatic heterocycles. The summed E-state index contributed by atoms with van der Waals surface area (Å²) in [6.07, 6.45) is 1.68. The molecule has 0 radical (unpaired) electrons. The Kier molecular flexibility index (Phi) is 7.14. The number of carbonyl (C=O) groups excluding carboxylic acids is 1. The third kappa shape index (κ3) is 5.16. The van der Waals surface area contributed by atoms with E-state index in [9.17, 15) is 4.79 Å². The van der Waals surface area contributed by atoms with Gasteiger partial charge in [0, 0.05) is 22.7 Å². The second-order valence-electron chi connectivity index (χ2n) is 6.61. The van der Waals surface area contributed by atoms with Crippen LogP contribution in [-0.2, 0) is 29.1 Å². The minimum Gasteiger partial charge on any atom is -0.492 e. The van der Waals surface area contributed by atoms with Crippen LogP contribution in [0.3, 0.4) is 0 Å². The highest BCUT2D eigenvalue weighted by molar-refractivity contribution is 6.31. The number of rotatable bonds is 8. The van der Waals surface area contributed by atoms with E-state index < -0.39 is 0 Å². The van der Waals surface area contributed by atoms with Crippen LogP contribution in [0.1, 0.15) is 23.6 Å². The fraction of sp³-hybridized carbons (Fsp3) is 0.381. The van der Waals surface area contributed by atoms with E-state index in [1.807, 2.05) is 30.3 Å². The predicted octanol–water partition coefficient (Wildman–Crippen LogP) is 3.05. The summed E-state index contributed by atoms with van der Waals surface area (Å²) < 4.78 is 11.8. The summed E-state index contributed by atoms with van der Waals surface area (Å²) in [4.78, 5) is 16.1. The number of nitrogens with one attached hydrogen (secondary N) is 2. The molecule has 2 aromatic rings. The van der Waals surface area contributed by atoms with Crippen LogP contribution in [0.4, 0.5) is 0 Å². The zero-order valence-electron chi connectivity index (χ0n) is 16.1. The molecule has 0 aromatic heterocycles. The fourth-order valence-electron chi connectivity index (χ4n) is 3.21. The first-order chi connectivity index (χ1) is 13.6. The fourth-order valence-corrected chi connectivity index (χ4v) is 3.46. The standard InChI is InChI=1S/C21H25ClN2O4/c1-3-14-5-4-6-19(22)18(14)13-27-17-8-7-15-9-16(12-28-20(15)10-17)23-11-21(25)24-26-2/h4-8,10,16,23H,3,9,11-13H2,1-2H3,(H,24,25). The van der Waals surface area contributed by atoms with Gasteiger partial charge in [-0.1, -0.05) is 36.7 Å². The van der Waals surface area contributed by atoms with E-state index in [0.29, 0.717) is 13.2 Å². The van der Waals surface area contributed by atoms with E-state index >= 15 is 0 Å². The van der Waals surface area contributed by atoms with Crippen molar-refractivity contribution in [2.45, 2.75) is 32.4 Å². The van der Waals surface area contributed by atoms with E-state index in [1.54, 1.807) is 0 Å². The second kappa shape index (κ2) is 9.78. The summed E-state index contributed by atoms with van der Waals surface area (Å²) >= 11 is 6.33. The molecule has 1 atom stereocenters. The van der Waals surface area contributed by atoms with Crippen molar-refractivity contribution in [1.29, 1.82) is 0 Å². The number of aryl methyl sites for hydroxylation is 1. The Morgan fingerprint density at radius 1 is 1.32 bits per heavy atom. The van der Waals surface area contributed by atoms with Gasteiger partial charge in [0.25, 0.3) is 5.91 Å². The lowest BCUT2D eigenvalue weighted by molar-refractivity contribution is -0.130. The normalized spacial score (nSPS) is 15.5. The molecule has 0 saturated heterocycles. The number of benzene rings is 2. The molecule has 0 aliphatic carbocycles. The van der Waals surface area contributed by atoms with E-state index in [0.717, 1.165) is 40.5 Å². The number of ether oxygens (including phenoxy) is 2. The molecular formula is C21H25ClN2O4. The maximum Gasteiger partial charge on any atom is 0.257 e. The van der Waals surface area contributed by atoms with Gasteiger partial charge >= 0.3 is 0 Å². The molecule has 1 heterocycles. The number of halogens is 1. The highest BCUT2D eigenvalue weighted by Gasteiger charge is 2.21. The molecule has 1 unspecified atom stereocenters. The van der Waals surface area contributed by atoms with Crippen LogP contribution in [0, 0.1) is 0 Å². The monoisotopic (exact) mass is 404 g/mol. The van der Waals surface area contributed by atoms with Crippen LogP contribution in [0.2, 0.25) is 5.02 Å². The Balaban J connectivity index is 1.59. The van der Waals surface area contributed by atoms with Gasteiger partial charge in [0.1, 0.15) is 24.7 Å². The van der Waals surface area contributed by atoms with Gasteiger partial charge in [-0.25, -0.2) is 5.48 Å². The zero-order chi connectivity index (χ0) is 19.9. The van der Waals surface area contributed by atoms with Crippen LogP contribution < -0.4 is 20.3 Å². The van der Waals surface area contributed by atoms with Crippen molar-refractivity contribution in [3.8, 4) is 11.5 Å². The van der Waals surface area contributed by atoms with Crippen LogP contribution in [0.5, 0.6) is 11.5 Å². The second-order valence-corrected chi connectivity index (χ2v) is 7.02. The summed E-state index contributed by atoms with van der Waals surface area (Å²) in [5.41, 5.74) is 5.57. The average molecular weight is 405 g/mol. The van der Waals surface area contributed by atoms with Crippen LogP contribution >= 0.6 is 11.6 Å². The zero-order valence-corrected chi connectivity index (χ0v) is 16.8. The topological polar surface area (TPSA) is 68.8 Å². The summed E-state index contributed by atoms with van der Waals surface area (Å²) in [5, 5.41) is 3.89. The Labute approximate surface area is 170 Å². The first kappa shape index (κ1) is 20.5. The third-order valence-electron chi connectivity index (χ3n) is 4.69.